The second kappa shape index (κ2) is 6.44. The van der Waals surface area contributed by atoms with Crippen molar-refractivity contribution in [2.45, 2.75) is 0 Å². The summed E-state index contributed by atoms with van der Waals surface area (Å²) in [5, 5.41) is 21.6. The van der Waals surface area contributed by atoms with Crippen molar-refractivity contribution < 1.29 is 0 Å². The zero-order chi connectivity index (χ0) is 15.2. The number of nitrogens with zero attached hydrogens (tertiary/aromatic N) is 3. The summed E-state index contributed by atoms with van der Waals surface area (Å²) in [6.07, 6.45) is 5.20. The largest absolute Gasteiger partial charge is 0.358 e. The summed E-state index contributed by atoms with van der Waals surface area (Å²) in [5.41, 5.74) is 1.60. The van der Waals surface area contributed by atoms with E-state index in [1.165, 1.54) is 0 Å². The number of halogens is 1. The van der Waals surface area contributed by atoms with Crippen LogP contribution >= 0.6 is 11.6 Å². The van der Waals surface area contributed by atoms with E-state index in [0.29, 0.717) is 5.56 Å². The van der Waals surface area contributed by atoms with Gasteiger partial charge in [0, 0.05) is 5.56 Å². The number of aromatic nitrogens is 1. The summed E-state index contributed by atoms with van der Waals surface area (Å²) in [6, 6.07) is 13.2. The van der Waals surface area contributed by atoms with E-state index in [1.54, 1.807) is 12.1 Å². The zero-order valence-corrected chi connectivity index (χ0v) is 11.6. The minimum absolute atomic E-state index is 0.0369. The number of terminal acetylenes is 1. The van der Waals surface area contributed by atoms with Crippen molar-refractivity contribution >= 4 is 17.4 Å². The first-order chi connectivity index (χ1) is 10.2. The molecule has 0 radical (unpaired) electrons. The monoisotopic (exact) mass is 292 g/mol. The molecule has 0 aliphatic carbocycles. The number of nitrogens with one attached hydrogen (secondary N) is 1. The van der Waals surface area contributed by atoms with Gasteiger partial charge in [-0.15, -0.1) is 6.42 Å². The van der Waals surface area contributed by atoms with Crippen molar-refractivity contribution in [1.82, 2.24) is 4.98 Å². The molecule has 0 aliphatic heterocycles. The molecule has 1 heterocycles. The third kappa shape index (κ3) is 2.79. The molecular weight excluding hydrogens is 284 g/mol. The van der Waals surface area contributed by atoms with E-state index in [0.717, 1.165) is 5.56 Å². The molecule has 2 rings (SSSR count). The Morgan fingerprint density at radius 1 is 1.14 bits per heavy atom. The Balaban J connectivity index is 2.78. The van der Waals surface area contributed by atoms with E-state index >= 15 is 0 Å². The van der Waals surface area contributed by atoms with Crippen molar-refractivity contribution in [2.24, 2.45) is 0 Å². The maximum atomic E-state index is 9.44. The summed E-state index contributed by atoms with van der Waals surface area (Å²) >= 11 is 6.06. The molecule has 1 aromatic heterocycles. The van der Waals surface area contributed by atoms with E-state index in [-0.39, 0.29) is 28.6 Å². The second-order valence-electron chi connectivity index (χ2n) is 4.02. The molecule has 21 heavy (non-hydrogen) atoms. The summed E-state index contributed by atoms with van der Waals surface area (Å²) in [7, 11) is 0. The number of anilines is 1. The highest BCUT2D eigenvalue weighted by Gasteiger charge is 2.19. The van der Waals surface area contributed by atoms with Crippen LogP contribution in [0.3, 0.4) is 0 Å². The number of pyridine rings is 1. The van der Waals surface area contributed by atoms with E-state index in [2.05, 4.69) is 22.3 Å². The normalized spacial score (nSPS) is 9.24. The van der Waals surface area contributed by atoms with Crippen LogP contribution in [-0.4, -0.2) is 11.5 Å². The lowest BCUT2D eigenvalue weighted by molar-refractivity contribution is 1.22. The SMILES string of the molecule is C#CCNc1nc(Cl)c(C#N)c(-c2ccccc2)c1C#N. The van der Waals surface area contributed by atoms with Gasteiger partial charge in [0.15, 0.2) is 0 Å². The van der Waals surface area contributed by atoms with Crippen LogP contribution in [-0.2, 0) is 0 Å². The number of hydrogen-bond donors (Lipinski definition) is 1. The molecule has 0 spiro atoms. The number of hydrogen-bond acceptors (Lipinski definition) is 4. The summed E-state index contributed by atoms with van der Waals surface area (Å²) in [4.78, 5) is 4.05. The van der Waals surface area contributed by atoms with E-state index in [1.807, 2.05) is 24.3 Å². The number of rotatable bonds is 3. The first-order valence-electron chi connectivity index (χ1n) is 5.99. The Kier molecular flexibility index (Phi) is 4.42. The molecule has 1 aromatic carbocycles. The molecule has 0 aliphatic rings. The Morgan fingerprint density at radius 3 is 2.38 bits per heavy atom. The molecule has 0 unspecified atom stereocenters. The van der Waals surface area contributed by atoms with Gasteiger partial charge in [-0.25, -0.2) is 4.98 Å². The molecule has 0 fully saturated rings. The highest BCUT2D eigenvalue weighted by atomic mass is 35.5. The van der Waals surface area contributed by atoms with Crippen molar-refractivity contribution in [3.8, 4) is 35.6 Å². The van der Waals surface area contributed by atoms with Crippen LogP contribution in [0.25, 0.3) is 11.1 Å². The highest BCUT2D eigenvalue weighted by molar-refractivity contribution is 6.31. The van der Waals surface area contributed by atoms with Gasteiger partial charge in [0.05, 0.1) is 12.1 Å². The van der Waals surface area contributed by atoms with Gasteiger partial charge in [-0.05, 0) is 5.56 Å². The molecule has 0 atom stereocenters. The Morgan fingerprint density at radius 2 is 1.81 bits per heavy atom. The standard InChI is InChI=1S/C16H9ClN4/c1-2-8-20-16-13(10-19)14(11-6-4-3-5-7-11)12(9-18)15(17)21-16/h1,3-7H,8H2,(H,20,21). The maximum absolute atomic E-state index is 9.44. The van der Waals surface area contributed by atoms with Gasteiger partial charge in [-0.1, -0.05) is 47.9 Å². The lowest BCUT2D eigenvalue weighted by Crippen LogP contribution is -2.06. The second-order valence-corrected chi connectivity index (χ2v) is 4.38. The van der Waals surface area contributed by atoms with Crippen molar-refractivity contribution in [1.29, 1.82) is 10.5 Å². The van der Waals surface area contributed by atoms with E-state index in [9.17, 15) is 10.5 Å². The van der Waals surface area contributed by atoms with Crippen molar-refractivity contribution in [2.75, 3.05) is 11.9 Å². The van der Waals surface area contributed by atoms with Gasteiger partial charge in [0.1, 0.15) is 28.7 Å². The third-order valence-electron chi connectivity index (χ3n) is 2.80. The molecule has 0 bridgehead atoms. The molecule has 1 N–H and O–H groups in total. The van der Waals surface area contributed by atoms with Crippen LogP contribution in [0.1, 0.15) is 11.1 Å². The van der Waals surface area contributed by atoms with E-state index in [4.69, 9.17) is 18.0 Å². The Hall–Kier alpha value is -3.00. The predicted octanol–water partition coefficient (Wildman–Crippen LogP) is 3.19. The lowest BCUT2D eigenvalue weighted by atomic mass is 9.97. The number of benzene rings is 1. The smallest absolute Gasteiger partial charge is 0.149 e. The quantitative estimate of drug-likeness (QED) is 0.696. The average Bonchev–Trinajstić information content (AvgIpc) is 2.52. The summed E-state index contributed by atoms with van der Waals surface area (Å²) in [5.74, 6) is 2.68. The van der Waals surface area contributed by atoms with Gasteiger partial charge >= 0.3 is 0 Å². The first-order valence-corrected chi connectivity index (χ1v) is 6.37. The molecule has 0 amide bonds. The highest BCUT2D eigenvalue weighted by Crippen LogP contribution is 2.34. The fourth-order valence-electron chi connectivity index (χ4n) is 1.92. The van der Waals surface area contributed by atoms with Crippen LogP contribution < -0.4 is 5.32 Å². The fourth-order valence-corrected chi connectivity index (χ4v) is 2.14. The molecule has 2 aromatic rings. The summed E-state index contributed by atoms with van der Waals surface area (Å²) < 4.78 is 0. The lowest BCUT2D eigenvalue weighted by Gasteiger charge is -2.12. The zero-order valence-electron chi connectivity index (χ0n) is 10.9. The summed E-state index contributed by atoms with van der Waals surface area (Å²) in [6.45, 7) is 0.206. The van der Waals surface area contributed by atoms with Crippen LogP contribution in [0.5, 0.6) is 0 Å². The maximum Gasteiger partial charge on any atom is 0.149 e. The molecule has 5 heteroatoms. The van der Waals surface area contributed by atoms with Crippen LogP contribution in [0.2, 0.25) is 5.15 Å². The van der Waals surface area contributed by atoms with Crippen LogP contribution in [0.4, 0.5) is 5.82 Å². The first kappa shape index (κ1) is 14.4. The molecular formula is C16H9ClN4. The minimum atomic E-state index is 0.0369. The van der Waals surface area contributed by atoms with Crippen LogP contribution in [0.15, 0.2) is 30.3 Å². The third-order valence-corrected chi connectivity index (χ3v) is 3.07. The molecule has 0 saturated carbocycles. The van der Waals surface area contributed by atoms with Gasteiger partial charge in [-0.3, -0.25) is 0 Å². The number of nitriles is 2. The minimum Gasteiger partial charge on any atom is -0.358 e. The Bertz CT molecular complexity index is 792. The molecule has 0 saturated heterocycles. The predicted molar refractivity (Wildman–Crippen MR) is 81.4 cm³/mol. The molecule has 4 nitrogen and oxygen atoms in total. The van der Waals surface area contributed by atoms with Gasteiger partial charge in [-0.2, -0.15) is 10.5 Å². The van der Waals surface area contributed by atoms with Crippen molar-refractivity contribution in [3.63, 3.8) is 0 Å². The Labute approximate surface area is 127 Å². The van der Waals surface area contributed by atoms with Crippen molar-refractivity contribution in [3.05, 3.63) is 46.6 Å². The average molecular weight is 293 g/mol. The fraction of sp³-hybridized carbons (Fsp3) is 0.0625. The van der Waals surface area contributed by atoms with Gasteiger partial charge < -0.3 is 5.32 Å². The molecule has 100 valence electrons. The van der Waals surface area contributed by atoms with Gasteiger partial charge in [0.25, 0.3) is 0 Å². The topological polar surface area (TPSA) is 72.5 Å². The van der Waals surface area contributed by atoms with Crippen LogP contribution in [0, 0.1) is 35.0 Å². The van der Waals surface area contributed by atoms with Gasteiger partial charge in [0.2, 0.25) is 0 Å². The van der Waals surface area contributed by atoms with E-state index < -0.39 is 0 Å².